The average Bonchev–Trinajstić information content (AvgIpc) is 2.25. The van der Waals surface area contributed by atoms with Crippen LogP contribution in [0.4, 0.5) is 0 Å². The summed E-state index contributed by atoms with van der Waals surface area (Å²) in [5, 5.41) is 8.45. The van der Waals surface area contributed by atoms with E-state index in [1.165, 1.54) is 7.11 Å². The summed E-state index contributed by atoms with van der Waals surface area (Å²) in [7, 11) is 1.43. The van der Waals surface area contributed by atoms with Crippen LogP contribution in [0.2, 0.25) is 0 Å². The first-order chi connectivity index (χ1) is 6.77. The van der Waals surface area contributed by atoms with Gasteiger partial charge in [-0.15, -0.1) is 0 Å². The fourth-order valence-electron chi connectivity index (χ4n) is 1.83. The maximum absolute atomic E-state index is 11.3. The lowest BCUT2D eigenvalue weighted by Crippen LogP contribution is -2.39. The van der Waals surface area contributed by atoms with Crippen LogP contribution in [0.3, 0.4) is 0 Å². The molecule has 1 atom stereocenters. The van der Waals surface area contributed by atoms with Gasteiger partial charge in [-0.05, 0) is 19.4 Å². The lowest BCUT2D eigenvalue weighted by atomic mass is 9.98. The number of nitriles is 1. The molecule has 1 saturated heterocycles. The molecule has 78 valence electrons. The number of esters is 1. The standard InChI is InChI=1S/C10H16N2O2/c1-14-10(13)9-4-2-6-12(8-9)7-3-5-11/h9H,2-4,6-8H2,1H3. The van der Waals surface area contributed by atoms with E-state index in [-0.39, 0.29) is 11.9 Å². The Labute approximate surface area is 84.4 Å². The van der Waals surface area contributed by atoms with Crippen LogP contribution in [0.5, 0.6) is 0 Å². The quantitative estimate of drug-likeness (QED) is 0.626. The second-order valence-corrected chi connectivity index (χ2v) is 3.57. The Morgan fingerprint density at radius 3 is 3.14 bits per heavy atom. The van der Waals surface area contributed by atoms with Crippen molar-refractivity contribution in [3.8, 4) is 6.07 Å². The normalized spacial score (nSPS) is 22.7. The van der Waals surface area contributed by atoms with Gasteiger partial charge in [0.1, 0.15) is 0 Å². The van der Waals surface area contributed by atoms with Crippen LogP contribution in [-0.2, 0) is 9.53 Å². The first kappa shape index (κ1) is 11.0. The Bertz CT molecular complexity index is 235. The first-order valence-corrected chi connectivity index (χ1v) is 4.95. The molecule has 1 heterocycles. The van der Waals surface area contributed by atoms with Crippen molar-refractivity contribution in [2.24, 2.45) is 5.92 Å². The molecule has 14 heavy (non-hydrogen) atoms. The Morgan fingerprint density at radius 2 is 2.50 bits per heavy atom. The molecule has 1 fully saturated rings. The molecule has 0 aliphatic carbocycles. The highest BCUT2D eigenvalue weighted by Gasteiger charge is 2.25. The van der Waals surface area contributed by atoms with Crippen LogP contribution in [-0.4, -0.2) is 37.6 Å². The zero-order chi connectivity index (χ0) is 10.4. The van der Waals surface area contributed by atoms with E-state index < -0.39 is 0 Å². The van der Waals surface area contributed by atoms with E-state index in [1.54, 1.807) is 0 Å². The van der Waals surface area contributed by atoms with Crippen molar-refractivity contribution >= 4 is 5.97 Å². The maximum atomic E-state index is 11.3. The van der Waals surface area contributed by atoms with Gasteiger partial charge >= 0.3 is 5.97 Å². The van der Waals surface area contributed by atoms with Crippen molar-refractivity contribution in [3.63, 3.8) is 0 Å². The van der Waals surface area contributed by atoms with Crippen molar-refractivity contribution in [2.75, 3.05) is 26.7 Å². The summed E-state index contributed by atoms with van der Waals surface area (Å²) in [5.74, 6) is -0.112. The second-order valence-electron chi connectivity index (χ2n) is 3.57. The predicted molar refractivity (Wildman–Crippen MR) is 51.4 cm³/mol. The molecular weight excluding hydrogens is 180 g/mol. The third kappa shape index (κ3) is 3.00. The molecule has 1 aliphatic heterocycles. The summed E-state index contributed by atoms with van der Waals surface area (Å²) in [6.45, 7) is 2.51. The summed E-state index contributed by atoms with van der Waals surface area (Å²) in [6.07, 6.45) is 2.47. The minimum Gasteiger partial charge on any atom is -0.469 e. The van der Waals surface area contributed by atoms with Gasteiger partial charge in [0.05, 0.1) is 19.1 Å². The summed E-state index contributed by atoms with van der Waals surface area (Å²) >= 11 is 0. The molecular formula is C10H16N2O2. The number of ether oxygens (including phenoxy) is 1. The van der Waals surface area contributed by atoms with Gasteiger partial charge in [-0.2, -0.15) is 5.26 Å². The van der Waals surface area contributed by atoms with Gasteiger partial charge in [0.2, 0.25) is 0 Å². The van der Waals surface area contributed by atoms with E-state index in [0.717, 1.165) is 32.5 Å². The summed E-state index contributed by atoms with van der Waals surface area (Å²) in [4.78, 5) is 13.4. The zero-order valence-corrected chi connectivity index (χ0v) is 8.53. The van der Waals surface area contributed by atoms with Crippen LogP contribution in [0.25, 0.3) is 0 Å². The highest BCUT2D eigenvalue weighted by atomic mass is 16.5. The number of nitrogens with zero attached hydrogens (tertiary/aromatic N) is 2. The molecule has 1 rings (SSSR count). The molecule has 0 saturated carbocycles. The van der Waals surface area contributed by atoms with E-state index in [9.17, 15) is 4.79 Å². The van der Waals surface area contributed by atoms with E-state index in [0.29, 0.717) is 6.42 Å². The Kier molecular flexibility index (Phi) is 4.41. The van der Waals surface area contributed by atoms with Gasteiger partial charge < -0.3 is 9.64 Å². The minimum atomic E-state index is -0.119. The number of hydrogen-bond donors (Lipinski definition) is 0. The van der Waals surface area contributed by atoms with E-state index in [2.05, 4.69) is 11.0 Å². The number of hydrogen-bond acceptors (Lipinski definition) is 4. The van der Waals surface area contributed by atoms with Crippen molar-refractivity contribution < 1.29 is 9.53 Å². The third-order valence-corrected chi connectivity index (χ3v) is 2.58. The SMILES string of the molecule is COC(=O)C1CCCN(CCC#N)C1. The monoisotopic (exact) mass is 196 g/mol. The van der Waals surface area contributed by atoms with Gasteiger partial charge in [-0.25, -0.2) is 0 Å². The number of methoxy groups -OCH3 is 1. The van der Waals surface area contributed by atoms with Gasteiger partial charge in [0, 0.05) is 19.5 Å². The molecule has 0 aromatic heterocycles. The molecule has 4 heteroatoms. The van der Waals surface area contributed by atoms with E-state index in [4.69, 9.17) is 10.00 Å². The summed E-state index contributed by atoms with van der Waals surface area (Å²) < 4.78 is 4.71. The fourth-order valence-corrected chi connectivity index (χ4v) is 1.83. The number of piperidine rings is 1. The largest absolute Gasteiger partial charge is 0.469 e. The molecule has 4 nitrogen and oxygen atoms in total. The Hall–Kier alpha value is -1.08. The third-order valence-electron chi connectivity index (χ3n) is 2.58. The molecule has 0 aromatic rings. The van der Waals surface area contributed by atoms with Crippen LogP contribution in [0, 0.1) is 17.2 Å². The van der Waals surface area contributed by atoms with Crippen LogP contribution in [0.1, 0.15) is 19.3 Å². The topological polar surface area (TPSA) is 53.3 Å². The average molecular weight is 196 g/mol. The van der Waals surface area contributed by atoms with Gasteiger partial charge in [0.15, 0.2) is 0 Å². The van der Waals surface area contributed by atoms with Crippen molar-refractivity contribution in [1.82, 2.24) is 4.90 Å². The number of carbonyl (C=O) groups excluding carboxylic acids is 1. The van der Waals surface area contributed by atoms with Crippen molar-refractivity contribution in [2.45, 2.75) is 19.3 Å². The maximum Gasteiger partial charge on any atom is 0.309 e. The van der Waals surface area contributed by atoms with Crippen LogP contribution >= 0.6 is 0 Å². The van der Waals surface area contributed by atoms with Crippen LogP contribution < -0.4 is 0 Å². The first-order valence-electron chi connectivity index (χ1n) is 4.95. The highest BCUT2D eigenvalue weighted by molar-refractivity contribution is 5.72. The van der Waals surface area contributed by atoms with E-state index in [1.807, 2.05) is 0 Å². The van der Waals surface area contributed by atoms with Gasteiger partial charge in [-0.3, -0.25) is 4.79 Å². The van der Waals surface area contributed by atoms with Crippen molar-refractivity contribution in [1.29, 1.82) is 5.26 Å². The predicted octanol–water partition coefficient (Wildman–Crippen LogP) is 0.785. The number of carbonyl (C=O) groups is 1. The number of rotatable bonds is 3. The second kappa shape index (κ2) is 5.61. The highest BCUT2D eigenvalue weighted by Crippen LogP contribution is 2.17. The molecule has 1 unspecified atom stereocenters. The van der Waals surface area contributed by atoms with Gasteiger partial charge in [0.25, 0.3) is 0 Å². The van der Waals surface area contributed by atoms with Crippen LogP contribution in [0.15, 0.2) is 0 Å². The molecule has 0 spiro atoms. The summed E-state index contributed by atoms with van der Waals surface area (Å²) in [5.41, 5.74) is 0. The molecule has 0 bridgehead atoms. The molecule has 1 aliphatic rings. The lowest BCUT2D eigenvalue weighted by molar-refractivity contribution is -0.147. The summed E-state index contributed by atoms with van der Waals surface area (Å²) in [6, 6.07) is 2.12. The van der Waals surface area contributed by atoms with Gasteiger partial charge in [-0.1, -0.05) is 0 Å². The van der Waals surface area contributed by atoms with Crippen molar-refractivity contribution in [3.05, 3.63) is 0 Å². The fraction of sp³-hybridized carbons (Fsp3) is 0.800. The minimum absolute atomic E-state index is 0.00689. The molecule has 0 radical (unpaired) electrons. The Morgan fingerprint density at radius 1 is 1.71 bits per heavy atom. The molecule has 0 amide bonds. The number of likely N-dealkylation sites (tertiary alicyclic amines) is 1. The van der Waals surface area contributed by atoms with E-state index >= 15 is 0 Å². The zero-order valence-electron chi connectivity index (χ0n) is 8.53. The molecule has 0 N–H and O–H groups in total. The molecule has 0 aromatic carbocycles. The lowest BCUT2D eigenvalue weighted by Gasteiger charge is -2.30. The smallest absolute Gasteiger partial charge is 0.309 e. The Balaban J connectivity index is 2.36.